The molecule has 0 radical (unpaired) electrons. The van der Waals surface area contributed by atoms with Crippen LogP contribution in [0.1, 0.15) is 16.2 Å². The van der Waals surface area contributed by atoms with Gasteiger partial charge in [0.05, 0.1) is 21.4 Å². The van der Waals surface area contributed by atoms with Gasteiger partial charge in [0.2, 0.25) is 0 Å². The highest BCUT2D eigenvalue weighted by Gasteiger charge is 2.26. The second kappa shape index (κ2) is 7.88. The van der Waals surface area contributed by atoms with Crippen molar-refractivity contribution in [3.8, 4) is 5.69 Å². The van der Waals surface area contributed by atoms with Crippen LogP contribution >= 0.6 is 46.4 Å². The molecule has 3 rings (SSSR count). The number of benzene rings is 2. The number of amides is 1. The van der Waals surface area contributed by atoms with Crippen molar-refractivity contribution in [1.82, 2.24) is 19.7 Å². The molecular weight excluding hydrogens is 470 g/mol. The lowest BCUT2D eigenvalue weighted by Crippen LogP contribution is -2.31. The minimum absolute atomic E-state index is 0.0872. The first-order chi connectivity index (χ1) is 13.1. The number of nitrogens with zero attached hydrogens (tertiary/aromatic N) is 3. The maximum atomic E-state index is 12.5. The molecule has 0 bridgehead atoms. The Bertz CT molecular complexity index is 1190. The van der Waals surface area contributed by atoms with Gasteiger partial charge < -0.3 is 0 Å². The first-order valence-electron chi connectivity index (χ1n) is 7.50. The van der Waals surface area contributed by atoms with Crippen LogP contribution in [-0.2, 0) is 10.0 Å². The minimum Gasteiger partial charge on any atom is -0.266 e. The van der Waals surface area contributed by atoms with E-state index in [1.54, 1.807) is 12.1 Å². The Hall–Kier alpha value is -1.84. The van der Waals surface area contributed by atoms with Gasteiger partial charge in [-0.25, -0.2) is 17.8 Å². The largest absolute Gasteiger partial charge is 0.287 e. The summed E-state index contributed by atoms with van der Waals surface area (Å²) in [4.78, 5) is 12.2. The molecule has 146 valence electrons. The van der Waals surface area contributed by atoms with Crippen molar-refractivity contribution in [2.24, 2.45) is 0 Å². The monoisotopic (exact) mass is 478 g/mol. The lowest BCUT2D eigenvalue weighted by Gasteiger charge is -2.09. The maximum Gasteiger partial charge on any atom is 0.287 e. The number of hydrogen-bond acceptors (Lipinski definition) is 5. The number of sulfonamides is 1. The summed E-state index contributed by atoms with van der Waals surface area (Å²) in [5, 5.41) is 8.40. The Balaban J connectivity index is 1.95. The van der Waals surface area contributed by atoms with E-state index in [2.05, 4.69) is 10.3 Å². The highest BCUT2D eigenvalue weighted by Crippen LogP contribution is 2.27. The second-order valence-electron chi connectivity index (χ2n) is 5.54. The summed E-state index contributed by atoms with van der Waals surface area (Å²) in [6, 6.07) is 8.56. The molecule has 1 amide bonds. The summed E-state index contributed by atoms with van der Waals surface area (Å²) in [7, 11) is -4.29. The molecule has 2 aromatic carbocycles. The van der Waals surface area contributed by atoms with Crippen LogP contribution in [0, 0.1) is 6.92 Å². The Morgan fingerprint density at radius 2 is 1.61 bits per heavy atom. The Morgan fingerprint density at radius 1 is 1.00 bits per heavy atom. The van der Waals surface area contributed by atoms with Gasteiger partial charge in [-0.05, 0) is 43.3 Å². The zero-order valence-electron chi connectivity index (χ0n) is 14.0. The van der Waals surface area contributed by atoms with Gasteiger partial charge in [-0.3, -0.25) is 4.79 Å². The van der Waals surface area contributed by atoms with Gasteiger partial charge in [-0.1, -0.05) is 51.6 Å². The van der Waals surface area contributed by atoms with E-state index in [4.69, 9.17) is 46.4 Å². The first-order valence-corrected chi connectivity index (χ1v) is 10.5. The van der Waals surface area contributed by atoms with Crippen molar-refractivity contribution in [1.29, 1.82) is 0 Å². The molecule has 0 unspecified atom stereocenters. The van der Waals surface area contributed by atoms with E-state index in [0.29, 0.717) is 15.7 Å². The third-order valence-electron chi connectivity index (χ3n) is 3.66. The number of hydrogen-bond donors (Lipinski definition) is 1. The highest BCUT2D eigenvalue weighted by atomic mass is 35.5. The van der Waals surface area contributed by atoms with Crippen molar-refractivity contribution in [3.05, 3.63) is 67.9 Å². The molecule has 0 spiro atoms. The molecule has 3 aromatic rings. The molecule has 0 saturated heterocycles. The number of halogens is 4. The van der Waals surface area contributed by atoms with Crippen LogP contribution in [0.25, 0.3) is 5.69 Å². The molecule has 1 N–H and O–H groups in total. The average Bonchev–Trinajstić information content (AvgIpc) is 3.00. The summed E-state index contributed by atoms with van der Waals surface area (Å²) in [6.07, 6.45) is 0. The predicted octanol–water partition coefficient (Wildman–Crippen LogP) is 4.31. The normalized spacial score (nSPS) is 11.5. The summed E-state index contributed by atoms with van der Waals surface area (Å²) >= 11 is 23.8. The summed E-state index contributed by atoms with van der Waals surface area (Å²) in [6.45, 7) is 1.53. The van der Waals surface area contributed by atoms with Crippen molar-refractivity contribution in [3.63, 3.8) is 0 Å². The van der Waals surface area contributed by atoms with Gasteiger partial charge in [0.15, 0.2) is 5.69 Å². The molecule has 0 fully saturated rings. The van der Waals surface area contributed by atoms with E-state index in [1.165, 1.54) is 29.8 Å². The molecule has 0 saturated carbocycles. The number of rotatable bonds is 4. The van der Waals surface area contributed by atoms with Crippen molar-refractivity contribution in [2.45, 2.75) is 11.8 Å². The van der Waals surface area contributed by atoms with Gasteiger partial charge in [-0.2, -0.15) is 0 Å². The Morgan fingerprint density at radius 3 is 2.29 bits per heavy atom. The van der Waals surface area contributed by atoms with Crippen LogP contribution in [0.15, 0.2) is 41.3 Å². The van der Waals surface area contributed by atoms with Gasteiger partial charge >= 0.3 is 0 Å². The Kier molecular flexibility index (Phi) is 5.88. The van der Waals surface area contributed by atoms with Crippen LogP contribution in [0.2, 0.25) is 20.1 Å². The fraction of sp³-hybridized carbons (Fsp3) is 0.0625. The van der Waals surface area contributed by atoms with Gasteiger partial charge in [0.1, 0.15) is 4.90 Å². The third-order valence-corrected chi connectivity index (χ3v) is 6.26. The third kappa shape index (κ3) is 4.11. The molecule has 0 atom stereocenters. The van der Waals surface area contributed by atoms with E-state index in [0.717, 1.165) is 6.07 Å². The molecule has 12 heteroatoms. The fourth-order valence-electron chi connectivity index (χ4n) is 2.32. The smallest absolute Gasteiger partial charge is 0.266 e. The van der Waals surface area contributed by atoms with Crippen molar-refractivity contribution >= 4 is 62.3 Å². The Labute approximate surface area is 180 Å². The molecular formula is C16H10Cl4N4O3S. The SMILES string of the molecule is Cc1c(C(=O)NS(=O)(=O)c2cc(Cl)ccc2Cl)nnn1-c1cc(Cl)ccc1Cl. The molecule has 0 aliphatic carbocycles. The average molecular weight is 480 g/mol. The van der Waals surface area contributed by atoms with Gasteiger partial charge in [0, 0.05) is 10.0 Å². The van der Waals surface area contributed by atoms with Crippen molar-refractivity contribution < 1.29 is 13.2 Å². The van der Waals surface area contributed by atoms with Crippen LogP contribution in [-0.4, -0.2) is 29.3 Å². The fourth-order valence-corrected chi connectivity index (χ4v) is 4.40. The van der Waals surface area contributed by atoms with E-state index in [-0.39, 0.29) is 26.3 Å². The first kappa shape index (κ1) is 20.9. The minimum atomic E-state index is -4.29. The summed E-state index contributed by atoms with van der Waals surface area (Å²) < 4.78 is 28.2. The molecule has 1 heterocycles. The van der Waals surface area contributed by atoms with Gasteiger partial charge in [-0.15, -0.1) is 5.10 Å². The highest BCUT2D eigenvalue weighted by molar-refractivity contribution is 7.90. The van der Waals surface area contributed by atoms with Crippen LogP contribution in [0.3, 0.4) is 0 Å². The summed E-state index contributed by atoms with van der Waals surface area (Å²) in [5.41, 5.74) is 0.436. The van der Waals surface area contributed by atoms with Crippen LogP contribution < -0.4 is 4.72 Å². The lowest BCUT2D eigenvalue weighted by molar-refractivity contribution is 0.0976. The van der Waals surface area contributed by atoms with E-state index in [1.807, 2.05) is 4.72 Å². The van der Waals surface area contributed by atoms with E-state index < -0.39 is 15.9 Å². The zero-order chi connectivity index (χ0) is 20.6. The number of aromatic nitrogens is 3. The predicted molar refractivity (Wildman–Crippen MR) is 107 cm³/mol. The molecule has 28 heavy (non-hydrogen) atoms. The van der Waals surface area contributed by atoms with E-state index >= 15 is 0 Å². The quantitative estimate of drug-likeness (QED) is 0.601. The van der Waals surface area contributed by atoms with E-state index in [9.17, 15) is 13.2 Å². The molecule has 7 nitrogen and oxygen atoms in total. The number of nitrogens with one attached hydrogen (secondary N) is 1. The molecule has 1 aromatic heterocycles. The molecule has 0 aliphatic rings. The lowest BCUT2D eigenvalue weighted by atomic mass is 10.3. The topological polar surface area (TPSA) is 93.9 Å². The standard InChI is InChI=1S/C16H10Cl4N4O3S/c1-8-15(21-23-24(8)13-6-9(17)2-4-11(13)19)16(25)22-28(26,27)14-7-10(18)3-5-12(14)20/h2-7H,1H3,(H,22,25). The zero-order valence-corrected chi connectivity index (χ0v) is 17.8. The van der Waals surface area contributed by atoms with Gasteiger partial charge in [0.25, 0.3) is 15.9 Å². The second-order valence-corrected chi connectivity index (χ2v) is 8.88. The van der Waals surface area contributed by atoms with Crippen molar-refractivity contribution in [2.75, 3.05) is 0 Å². The summed E-state index contributed by atoms with van der Waals surface area (Å²) in [5.74, 6) is -0.988. The number of carbonyl (C=O) groups is 1. The van der Waals surface area contributed by atoms with Crippen LogP contribution in [0.5, 0.6) is 0 Å². The van der Waals surface area contributed by atoms with Crippen LogP contribution in [0.4, 0.5) is 0 Å². The maximum absolute atomic E-state index is 12.5. The number of carbonyl (C=O) groups excluding carboxylic acids is 1. The molecule has 0 aliphatic heterocycles.